The first-order valence-corrected chi connectivity index (χ1v) is 7.13. The highest BCUT2D eigenvalue weighted by Gasteiger charge is 2.11. The molecule has 2 aromatic rings. The van der Waals surface area contributed by atoms with E-state index in [0.717, 1.165) is 17.0 Å². The van der Waals surface area contributed by atoms with Gasteiger partial charge in [0.15, 0.2) is 0 Å². The van der Waals surface area contributed by atoms with E-state index in [1.54, 1.807) is 19.1 Å². The van der Waals surface area contributed by atoms with Crippen LogP contribution < -0.4 is 9.64 Å². The van der Waals surface area contributed by atoms with Crippen molar-refractivity contribution in [1.82, 2.24) is 0 Å². The largest absolute Gasteiger partial charge is 0.497 e. The van der Waals surface area contributed by atoms with Gasteiger partial charge in [0.1, 0.15) is 5.75 Å². The monoisotopic (exact) mass is 303 g/mol. The lowest BCUT2D eigenvalue weighted by Crippen LogP contribution is -2.26. The van der Waals surface area contributed by atoms with Crippen LogP contribution in [0.4, 0.5) is 5.69 Å². The second kappa shape index (κ2) is 7.14. The van der Waals surface area contributed by atoms with Crippen LogP contribution in [0.15, 0.2) is 48.5 Å². The highest BCUT2D eigenvalue weighted by atomic mass is 35.5. The van der Waals surface area contributed by atoms with Gasteiger partial charge < -0.3 is 9.64 Å². The lowest BCUT2D eigenvalue weighted by Gasteiger charge is -2.17. The van der Waals surface area contributed by atoms with Crippen molar-refractivity contribution in [2.24, 2.45) is 0 Å². The van der Waals surface area contributed by atoms with Crippen LogP contribution in [0.5, 0.6) is 5.75 Å². The zero-order valence-electron chi connectivity index (χ0n) is 12.2. The number of methoxy groups -OCH3 is 1. The Morgan fingerprint density at radius 3 is 2.29 bits per heavy atom. The molecule has 4 heteroatoms. The van der Waals surface area contributed by atoms with Crippen molar-refractivity contribution in [3.05, 3.63) is 59.1 Å². The van der Waals surface area contributed by atoms with Crippen molar-refractivity contribution in [1.29, 1.82) is 0 Å². The Labute approximate surface area is 130 Å². The molecule has 0 aliphatic carbocycles. The Balaban J connectivity index is 1.93. The predicted molar refractivity (Wildman–Crippen MR) is 86.2 cm³/mol. The van der Waals surface area contributed by atoms with Gasteiger partial charge in [-0.15, -0.1) is 0 Å². The fourth-order valence-electron chi connectivity index (χ4n) is 2.02. The quantitative estimate of drug-likeness (QED) is 0.837. The van der Waals surface area contributed by atoms with Crippen LogP contribution in [-0.4, -0.2) is 20.1 Å². The van der Waals surface area contributed by atoms with Crippen molar-refractivity contribution in [2.75, 3.05) is 19.1 Å². The minimum absolute atomic E-state index is 0.0788. The molecule has 2 rings (SSSR count). The molecule has 0 saturated heterocycles. The van der Waals surface area contributed by atoms with Crippen molar-refractivity contribution in [3.8, 4) is 5.75 Å². The van der Waals surface area contributed by atoms with Crippen LogP contribution in [-0.2, 0) is 11.2 Å². The number of carbonyl (C=O) groups is 1. The summed E-state index contributed by atoms with van der Waals surface area (Å²) in [4.78, 5) is 13.9. The molecule has 0 aliphatic rings. The molecule has 21 heavy (non-hydrogen) atoms. The smallest absolute Gasteiger partial charge is 0.227 e. The zero-order valence-corrected chi connectivity index (χ0v) is 12.9. The van der Waals surface area contributed by atoms with Crippen LogP contribution in [0.2, 0.25) is 5.02 Å². The number of carbonyl (C=O) groups excluding carboxylic acids is 1. The van der Waals surface area contributed by atoms with Crippen molar-refractivity contribution in [3.63, 3.8) is 0 Å². The Bertz CT molecular complexity index is 593. The summed E-state index contributed by atoms with van der Waals surface area (Å²) in [6.45, 7) is 0. The number of anilines is 1. The summed E-state index contributed by atoms with van der Waals surface area (Å²) in [5.74, 6) is 0.857. The molecule has 0 saturated carbocycles. The summed E-state index contributed by atoms with van der Waals surface area (Å²) < 4.78 is 5.11. The molecule has 0 aromatic heterocycles. The molecule has 0 aliphatic heterocycles. The normalized spacial score (nSPS) is 10.2. The summed E-state index contributed by atoms with van der Waals surface area (Å²) in [6, 6.07) is 15.0. The van der Waals surface area contributed by atoms with E-state index < -0.39 is 0 Å². The first-order chi connectivity index (χ1) is 10.1. The number of benzene rings is 2. The first-order valence-electron chi connectivity index (χ1n) is 6.75. The molecular formula is C17H18ClNO2. The maximum absolute atomic E-state index is 12.2. The summed E-state index contributed by atoms with van der Waals surface area (Å²) in [5, 5.41) is 0.709. The van der Waals surface area contributed by atoms with E-state index in [4.69, 9.17) is 16.3 Å². The second-order valence-electron chi connectivity index (χ2n) is 4.78. The van der Waals surface area contributed by atoms with Crippen LogP contribution in [0, 0.1) is 0 Å². The van der Waals surface area contributed by atoms with E-state index >= 15 is 0 Å². The van der Waals surface area contributed by atoms with E-state index in [2.05, 4.69) is 0 Å². The number of aryl methyl sites for hydroxylation is 1. The lowest BCUT2D eigenvalue weighted by molar-refractivity contribution is -0.118. The fourth-order valence-corrected chi connectivity index (χ4v) is 2.15. The van der Waals surface area contributed by atoms with Crippen LogP contribution in [0.25, 0.3) is 0 Å². The van der Waals surface area contributed by atoms with Crippen molar-refractivity contribution < 1.29 is 9.53 Å². The number of hydrogen-bond acceptors (Lipinski definition) is 2. The molecule has 0 N–H and O–H groups in total. The third kappa shape index (κ3) is 4.23. The highest BCUT2D eigenvalue weighted by molar-refractivity contribution is 6.30. The number of amides is 1. The average Bonchev–Trinajstić information content (AvgIpc) is 2.53. The molecule has 0 unspecified atom stereocenters. The zero-order chi connectivity index (χ0) is 15.2. The van der Waals surface area contributed by atoms with E-state index in [9.17, 15) is 4.79 Å². The maximum atomic E-state index is 12.2. The van der Waals surface area contributed by atoms with Gasteiger partial charge in [-0.2, -0.15) is 0 Å². The molecule has 0 radical (unpaired) electrons. The third-order valence-corrected chi connectivity index (χ3v) is 3.63. The number of nitrogens with zero attached hydrogens (tertiary/aromatic N) is 1. The third-order valence-electron chi connectivity index (χ3n) is 3.37. The van der Waals surface area contributed by atoms with Crippen LogP contribution in [0.1, 0.15) is 12.0 Å². The van der Waals surface area contributed by atoms with Gasteiger partial charge >= 0.3 is 0 Å². The standard InChI is InChI=1S/C17H18ClNO2/c1-19(15-8-10-16(21-2)11-9-15)17(20)12-5-13-3-6-14(18)7-4-13/h3-4,6-11H,5,12H2,1-2H3. The lowest BCUT2D eigenvalue weighted by atomic mass is 10.1. The van der Waals surface area contributed by atoms with Gasteiger partial charge in [-0.3, -0.25) is 4.79 Å². The van der Waals surface area contributed by atoms with Gasteiger partial charge in [-0.25, -0.2) is 0 Å². The minimum Gasteiger partial charge on any atom is -0.497 e. The average molecular weight is 304 g/mol. The molecule has 0 fully saturated rings. The molecule has 0 heterocycles. The van der Waals surface area contributed by atoms with E-state index in [1.807, 2.05) is 48.5 Å². The molecule has 0 bridgehead atoms. The number of ether oxygens (including phenoxy) is 1. The Morgan fingerprint density at radius 1 is 1.10 bits per heavy atom. The van der Waals surface area contributed by atoms with Gasteiger partial charge in [-0.1, -0.05) is 23.7 Å². The Kier molecular flexibility index (Phi) is 5.23. The number of hydrogen-bond donors (Lipinski definition) is 0. The summed E-state index contributed by atoms with van der Waals surface area (Å²) in [5.41, 5.74) is 1.97. The molecule has 3 nitrogen and oxygen atoms in total. The topological polar surface area (TPSA) is 29.5 Å². The van der Waals surface area contributed by atoms with Crippen LogP contribution >= 0.6 is 11.6 Å². The maximum Gasteiger partial charge on any atom is 0.227 e. The van der Waals surface area contributed by atoms with E-state index in [0.29, 0.717) is 17.9 Å². The Morgan fingerprint density at radius 2 is 1.71 bits per heavy atom. The van der Waals surface area contributed by atoms with Gasteiger partial charge in [0.2, 0.25) is 5.91 Å². The number of rotatable bonds is 5. The first kappa shape index (κ1) is 15.4. The van der Waals surface area contributed by atoms with Crippen molar-refractivity contribution >= 4 is 23.2 Å². The van der Waals surface area contributed by atoms with Gasteiger partial charge in [0.05, 0.1) is 7.11 Å². The Hall–Kier alpha value is -2.00. The molecule has 2 aromatic carbocycles. The molecular weight excluding hydrogens is 286 g/mol. The summed E-state index contributed by atoms with van der Waals surface area (Å²) >= 11 is 5.84. The van der Waals surface area contributed by atoms with Crippen LogP contribution in [0.3, 0.4) is 0 Å². The van der Waals surface area contributed by atoms with Gasteiger partial charge in [0, 0.05) is 24.2 Å². The second-order valence-corrected chi connectivity index (χ2v) is 5.21. The molecule has 0 spiro atoms. The summed E-state index contributed by atoms with van der Waals surface area (Å²) in [6.07, 6.45) is 1.17. The molecule has 1 amide bonds. The van der Waals surface area contributed by atoms with Crippen molar-refractivity contribution in [2.45, 2.75) is 12.8 Å². The summed E-state index contributed by atoms with van der Waals surface area (Å²) in [7, 11) is 3.40. The number of halogens is 1. The van der Waals surface area contributed by atoms with E-state index in [-0.39, 0.29) is 5.91 Å². The fraction of sp³-hybridized carbons (Fsp3) is 0.235. The predicted octanol–water partition coefficient (Wildman–Crippen LogP) is 3.94. The minimum atomic E-state index is 0.0788. The van der Waals surface area contributed by atoms with Gasteiger partial charge in [-0.05, 0) is 48.4 Å². The highest BCUT2D eigenvalue weighted by Crippen LogP contribution is 2.19. The molecule has 110 valence electrons. The molecule has 0 atom stereocenters. The van der Waals surface area contributed by atoms with E-state index in [1.165, 1.54) is 0 Å². The van der Waals surface area contributed by atoms with Gasteiger partial charge in [0.25, 0.3) is 0 Å². The SMILES string of the molecule is COc1ccc(N(C)C(=O)CCc2ccc(Cl)cc2)cc1.